The fourth-order valence-corrected chi connectivity index (χ4v) is 3.72. The van der Waals surface area contributed by atoms with E-state index in [0.717, 1.165) is 22.2 Å². The number of aromatic nitrogens is 3. The second kappa shape index (κ2) is 8.35. The SMILES string of the molecule is CC[C@H](O)Nc1cc(-c2cc(C)c(=O)n(C)c2)cc2c1ncn2Cc1cccc(F)c1. The molecule has 4 rings (SSSR count). The average molecular weight is 420 g/mol. The Morgan fingerprint density at radius 3 is 2.71 bits per heavy atom. The van der Waals surface area contributed by atoms with Crippen molar-refractivity contribution in [3.8, 4) is 11.1 Å². The van der Waals surface area contributed by atoms with Crippen LogP contribution in [-0.2, 0) is 13.6 Å². The van der Waals surface area contributed by atoms with Crippen LogP contribution >= 0.6 is 0 Å². The molecular formula is C24H25FN4O2. The van der Waals surface area contributed by atoms with E-state index in [1.54, 1.807) is 37.1 Å². The number of hydrogen-bond donors (Lipinski definition) is 2. The summed E-state index contributed by atoms with van der Waals surface area (Å²) >= 11 is 0. The monoisotopic (exact) mass is 420 g/mol. The Labute approximate surface area is 179 Å². The zero-order valence-corrected chi connectivity index (χ0v) is 17.8. The van der Waals surface area contributed by atoms with E-state index < -0.39 is 6.23 Å². The molecule has 0 radical (unpaired) electrons. The predicted octanol–water partition coefficient (Wildman–Crippen LogP) is 4.04. The lowest BCUT2D eigenvalue weighted by molar-refractivity contribution is 0.199. The summed E-state index contributed by atoms with van der Waals surface area (Å²) < 4.78 is 17.2. The van der Waals surface area contributed by atoms with Gasteiger partial charge in [-0.05, 0) is 60.4 Å². The topological polar surface area (TPSA) is 72.1 Å². The van der Waals surface area contributed by atoms with E-state index in [9.17, 15) is 14.3 Å². The number of benzene rings is 2. The van der Waals surface area contributed by atoms with Crippen molar-refractivity contribution in [1.82, 2.24) is 14.1 Å². The van der Waals surface area contributed by atoms with Gasteiger partial charge in [-0.15, -0.1) is 0 Å². The molecule has 0 aliphatic heterocycles. The number of nitrogens with one attached hydrogen (secondary N) is 1. The third kappa shape index (κ3) is 4.22. The molecule has 4 aromatic rings. The van der Waals surface area contributed by atoms with E-state index in [1.807, 2.05) is 35.8 Å². The van der Waals surface area contributed by atoms with Crippen LogP contribution in [0.2, 0.25) is 0 Å². The number of hydrogen-bond acceptors (Lipinski definition) is 4. The molecule has 0 aliphatic rings. The minimum absolute atomic E-state index is 0.0410. The van der Waals surface area contributed by atoms with Gasteiger partial charge in [0.25, 0.3) is 5.56 Å². The van der Waals surface area contributed by atoms with Crippen molar-refractivity contribution in [1.29, 1.82) is 0 Å². The third-order valence-corrected chi connectivity index (χ3v) is 5.37. The van der Waals surface area contributed by atoms with Gasteiger partial charge in [0.05, 0.1) is 17.5 Å². The number of fused-ring (bicyclic) bond motifs is 1. The Morgan fingerprint density at radius 2 is 2.00 bits per heavy atom. The predicted molar refractivity (Wildman–Crippen MR) is 121 cm³/mol. The molecule has 0 unspecified atom stereocenters. The summed E-state index contributed by atoms with van der Waals surface area (Å²) in [4.78, 5) is 16.7. The molecule has 2 N–H and O–H groups in total. The highest BCUT2D eigenvalue weighted by Crippen LogP contribution is 2.31. The summed E-state index contributed by atoms with van der Waals surface area (Å²) in [5.41, 5.74) is 5.47. The molecule has 2 aromatic heterocycles. The Bertz CT molecular complexity index is 1280. The lowest BCUT2D eigenvalue weighted by atomic mass is 10.0. The molecule has 7 heteroatoms. The van der Waals surface area contributed by atoms with Crippen molar-refractivity contribution < 1.29 is 9.50 Å². The van der Waals surface area contributed by atoms with Gasteiger partial charge in [-0.3, -0.25) is 4.79 Å². The van der Waals surface area contributed by atoms with Crippen LogP contribution in [0.25, 0.3) is 22.2 Å². The molecule has 0 aliphatic carbocycles. The van der Waals surface area contributed by atoms with Gasteiger partial charge in [-0.2, -0.15) is 0 Å². The Balaban J connectivity index is 1.87. The number of pyridine rings is 1. The number of imidazole rings is 1. The van der Waals surface area contributed by atoms with E-state index in [2.05, 4.69) is 10.3 Å². The van der Waals surface area contributed by atoms with E-state index in [-0.39, 0.29) is 11.4 Å². The number of aliphatic hydroxyl groups excluding tert-OH is 1. The van der Waals surface area contributed by atoms with Gasteiger partial charge in [0.1, 0.15) is 17.6 Å². The van der Waals surface area contributed by atoms with Crippen LogP contribution < -0.4 is 10.9 Å². The first-order valence-electron chi connectivity index (χ1n) is 10.2. The second-order valence-corrected chi connectivity index (χ2v) is 7.79. The fraction of sp³-hybridized carbons (Fsp3) is 0.250. The smallest absolute Gasteiger partial charge is 0.253 e. The van der Waals surface area contributed by atoms with E-state index in [4.69, 9.17) is 0 Å². The van der Waals surface area contributed by atoms with Crippen LogP contribution in [0, 0.1) is 12.7 Å². The van der Waals surface area contributed by atoms with Gasteiger partial charge in [0.2, 0.25) is 0 Å². The maximum absolute atomic E-state index is 13.7. The number of aliphatic hydroxyl groups is 1. The highest BCUT2D eigenvalue weighted by Gasteiger charge is 2.14. The average Bonchev–Trinajstić information content (AvgIpc) is 3.14. The van der Waals surface area contributed by atoms with Crippen LogP contribution in [0.5, 0.6) is 0 Å². The maximum Gasteiger partial charge on any atom is 0.253 e. The highest BCUT2D eigenvalue weighted by molar-refractivity contribution is 5.93. The molecule has 2 aromatic carbocycles. The first-order valence-corrected chi connectivity index (χ1v) is 10.2. The zero-order chi connectivity index (χ0) is 22.1. The number of aryl methyl sites for hydroxylation is 2. The second-order valence-electron chi connectivity index (χ2n) is 7.79. The molecule has 0 saturated heterocycles. The van der Waals surface area contributed by atoms with Crippen molar-refractivity contribution in [2.45, 2.75) is 33.0 Å². The summed E-state index contributed by atoms with van der Waals surface area (Å²) in [7, 11) is 1.73. The lowest BCUT2D eigenvalue weighted by Gasteiger charge is -2.15. The van der Waals surface area contributed by atoms with Gasteiger partial charge in [-0.1, -0.05) is 19.1 Å². The third-order valence-electron chi connectivity index (χ3n) is 5.37. The molecule has 1 atom stereocenters. The van der Waals surface area contributed by atoms with E-state index in [0.29, 0.717) is 29.7 Å². The molecule has 0 bridgehead atoms. The van der Waals surface area contributed by atoms with Crippen molar-refractivity contribution in [2.75, 3.05) is 5.32 Å². The Hall–Kier alpha value is -3.45. The number of halogens is 1. The van der Waals surface area contributed by atoms with Crippen LogP contribution in [0.3, 0.4) is 0 Å². The molecule has 31 heavy (non-hydrogen) atoms. The maximum atomic E-state index is 13.7. The molecule has 0 saturated carbocycles. The van der Waals surface area contributed by atoms with E-state index >= 15 is 0 Å². The minimum Gasteiger partial charge on any atom is -0.374 e. The summed E-state index contributed by atoms with van der Waals surface area (Å²) in [5, 5.41) is 13.3. The lowest BCUT2D eigenvalue weighted by Crippen LogP contribution is -2.18. The number of nitrogens with zero attached hydrogens (tertiary/aromatic N) is 3. The van der Waals surface area contributed by atoms with Crippen molar-refractivity contribution in [3.05, 3.63) is 82.3 Å². The molecule has 6 nitrogen and oxygen atoms in total. The van der Waals surface area contributed by atoms with Crippen molar-refractivity contribution in [3.63, 3.8) is 0 Å². The standard InChI is InChI=1S/C24H25FN4O2/c1-4-22(30)27-20-10-17(18-8-15(2)24(31)28(3)13-18)11-21-23(20)26-14-29(21)12-16-6-5-7-19(25)9-16/h5-11,13-14,22,27,30H,4,12H2,1-3H3/t22-/m0/s1. The van der Waals surface area contributed by atoms with Gasteiger partial charge < -0.3 is 19.6 Å². The van der Waals surface area contributed by atoms with Gasteiger partial charge in [-0.25, -0.2) is 9.37 Å². The minimum atomic E-state index is -0.714. The highest BCUT2D eigenvalue weighted by atomic mass is 19.1. The Morgan fingerprint density at radius 1 is 1.19 bits per heavy atom. The van der Waals surface area contributed by atoms with Crippen molar-refractivity contribution >= 4 is 16.7 Å². The van der Waals surface area contributed by atoms with Crippen molar-refractivity contribution in [2.24, 2.45) is 7.05 Å². The largest absolute Gasteiger partial charge is 0.374 e. The summed E-state index contributed by atoms with van der Waals surface area (Å²) in [6, 6.07) is 12.3. The van der Waals surface area contributed by atoms with Gasteiger partial charge >= 0.3 is 0 Å². The van der Waals surface area contributed by atoms with Gasteiger partial charge in [0.15, 0.2) is 0 Å². The molecule has 160 valence electrons. The quantitative estimate of drug-likeness (QED) is 0.462. The van der Waals surface area contributed by atoms with Crippen LogP contribution in [-0.4, -0.2) is 25.5 Å². The Kier molecular flexibility index (Phi) is 5.61. The first kappa shape index (κ1) is 20.8. The molecule has 0 fully saturated rings. The zero-order valence-electron chi connectivity index (χ0n) is 17.8. The number of anilines is 1. The van der Waals surface area contributed by atoms with E-state index in [1.165, 1.54) is 12.1 Å². The fourth-order valence-electron chi connectivity index (χ4n) is 3.72. The molecule has 2 heterocycles. The normalized spacial score (nSPS) is 12.3. The van der Waals surface area contributed by atoms with Crippen LogP contribution in [0.15, 0.2) is 59.8 Å². The molecular weight excluding hydrogens is 395 g/mol. The van der Waals surface area contributed by atoms with Gasteiger partial charge in [0, 0.05) is 25.4 Å². The first-order chi connectivity index (χ1) is 14.9. The molecule has 0 amide bonds. The van der Waals surface area contributed by atoms with Crippen LogP contribution in [0.4, 0.5) is 10.1 Å². The summed E-state index contributed by atoms with van der Waals surface area (Å²) in [5.74, 6) is -0.281. The summed E-state index contributed by atoms with van der Waals surface area (Å²) in [6.45, 7) is 4.13. The van der Waals surface area contributed by atoms with Crippen LogP contribution in [0.1, 0.15) is 24.5 Å². The summed E-state index contributed by atoms with van der Waals surface area (Å²) in [6.07, 6.45) is 3.33. The number of rotatable bonds is 6. The molecule has 0 spiro atoms.